The van der Waals surface area contributed by atoms with E-state index >= 15 is 0 Å². The molecular formula is C35H39OSi. The summed E-state index contributed by atoms with van der Waals surface area (Å²) < 4.78 is 7.20. The van der Waals surface area contributed by atoms with Crippen molar-refractivity contribution in [1.82, 2.24) is 0 Å². The predicted octanol–water partition coefficient (Wildman–Crippen LogP) is 9.33. The lowest BCUT2D eigenvalue weighted by atomic mass is 9.80. The first-order valence-corrected chi connectivity index (χ1v) is 16.7. The maximum Gasteiger partial charge on any atom is 0.144 e. The fourth-order valence-electron chi connectivity index (χ4n) is 5.05. The SMILES string of the molecule is CCCC[Si](C)(C)[CH]/C(=C\c1ccccc1)COC(c1ccccc1)(c1ccccc1)c1ccccc1. The van der Waals surface area contributed by atoms with Crippen LogP contribution in [0.2, 0.25) is 19.1 Å². The van der Waals surface area contributed by atoms with Crippen LogP contribution in [0.1, 0.15) is 42.0 Å². The van der Waals surface area contributed by atoms with Crippen molar-refractivity contribution >= 4 is 14.1 Å². The van der Waals surface area contributed by atoms with Crippen molar-refractivity contribution in [2.24, 2.45) is 0 Å². The highest BCUT2D eigenvalue weighted by molar-refractivity contribution is 6.81. The van der Waals surface area contributed by atoms with Gasteiger partial charge in [0.25, 0.3) is 0 Å². The molecule has 0 unspecified atom stereocenters. The Balaban J connectivity index is 1.79. The molecule has 0 heterocycles. The lowest BCUT2D eigenvalue weighted by Crippen LogP contribution is -2.35. The van der Waals surface area contributed by atoms with Crippen LogP contribution < -0.4 is 0 Å². The minimum absolute atomic E-state index is 0.524. The zero-order valence-corrected chi connectivity index (χ0v) is 23.4. The Morgan fingerprint density at radius 1 is 0.676 bits per heavy atom. The summed E-state index contributed by atoms with van der Waals surface area (Å²) in [7, 11) is -1.55. The molecule has 0 spiro atoms. The molecule has 0 N–H and O–H groups in total. The van der Waals surface area contributed by atoms with Gasteiger partial charge in [-0.25, -0.2) is 0 Å². The van der Waals surface area contributed by atoms with Crippen molar-refractivity contribution in [3.63, 3.8) is 0 Å². The van der Waals surface area contributed by atoms with Crippen LogP contribution in [0.3, 0.4) is 0 Å². The summed E-state index contributed by atoms with van der Waals surface area (Å²) in [5.41, 5.74) is 5.15. The third-order valence-corrected chi connectivity index (χ3v) is 9.69. The minimum atomic E-state index is -1.55. The van der Waals surface area contributed by atoms with Crippen LogP contribution in [-0.4, -0.2) is 14.7 Å². The number of hydrogen-bond acceptors (Lipinski definition) is 1. The Kier molecular flexibility index (Phi) is 9.32. The number of unbranched alkanes of at least 4 members (excludes halogenated alkanes) is 1. The smallest absolute Gasteiger partial charge is 0.144 e. The molecule has 4 rings (SSSR count). The molecule has 37 heavy (non-hydrogen) atoms. The summed E-state index contributed by atoms with van der Waals surface area (Å²) in [5, 5.41) is 0. The lowest BCUT2D eigenvalue weighted by molar-refractivity contribution is 0.0290. The van der Waals surface area contributed by atoms with Crippen molar-refractivity contribution in [3.8, 4) is 0 Å². The molecule has 0 atom stereocenters. The highest BCUT2D eigenvalue weighted by Crippen LogP contribution is 2.41. The maximum absolute atomic E-state index is 7.20. The van der Waals surface area contributed by atoms with E-state index in [0.29, 0.717) is 6.61 Å². The fraction of sp³-hybridized carbons (Fsp3) is 0.229. The third kappa shape index (κ3) is 6.97. The van der Waals surface area contributed by atoms with E-state index < -0.39 is 13.7 Å². The van der Waals surface area contributed by atoms with Gasteiger partial charge < -0.3 is 4.74 Å². The monoisotopic (exact) mass is 503 g/mol. The minimum Gasteiger partial charge on any atom is -0.356 e. The Morgan fingerprint density at radius 3 is 1.54 bits per heavy atom. The van der Waals surface area contributed by atoms with E-state index in [2.05, 4.69) is 153 Å². The number of hydrogen-bond donors (Lipinski definition) is 0. The average Bonchev–Trinajstić information content (AvgIpc) is 2.94. The predicted molar refractivity (Wildman–Crippen MR) is 161 cm³/mol. The van der Waals surface area contributed by atoms with Gasteiger partial charge in [-0.15, -0.1) is 0 Å². The molecule has 4 aromatic rings. The van der Waals surface area contributed by atoms with E-state index in [1.54, 1.807) is 0 Å². The number of benzene rings is 4. The van der Waals surface area contributed by atoms with Crippen LogP contribution >= 0.6 is 0 Å². The standard InChI is InChI=1S/C35H39OSi/c1-4-5-26-37(2,3)29-31(27-30-18-10-6-11-19-30)28-36-35(32-20-12-7-13-21-32,33-22-14-8-15-23-33)34-24-16-9-17-25-34/h6-25,27,29H,4-5,26,28H2,1-3H3/b31-27-. The highest BCUT2D eigenvalue weighted by atomic mass is 28.3. The first kappa shape index (κ1) is 26.8. The molecule has 0 saturated heterocycles. The van der Waals surface area contributed by atoms with E-state index in [9.17, 15) is 0 Å². The molecule has 0 saturated carbocycles. The lowest BCUT2D eigenvalue weighted by Gasteiger charge is -2.37. The molecule has 0 bridgehead atoms. The Morgan fingerprint density at radius 2 is 1.11 bits per heavy atom. The van der Waals surface area contributed by atoms with Crippen LogP contribution in [0.15, 0.2) is 127 Å². The molecule has 2 heteroatoms. The second kappa shape index (κ2) is 12.9. The van der Waals surface area contributed by atoms with Crippen LogP contribution in [0.4, 0.5) is 0 Å². The fourth-order valence-corrected chi connectivity index (χ4v) is 7.63. The molecule has 1 nitrogen and oxygen atoms in total. The zero-order chi connectivity index (χ0) is 26.0. The van der Waals surface area contributed by atoms with Crippen LogP contribution in [0, 0.1) is 6.04 Å². The maximum atomic E-state index is 7.20. The van der Waals surface area contributed by atoms with Crippen molar-refractivity contribution in [2.75, 3.05) is 6.61 Å². The topological polar surface area (TPSA) is 9.23 Å². The molecule has 4 aromatic carbocycles. The van der Waals surface area contributed by atoms with E-state index in [4.69, 9.17) is 4.74 Å². The molecule has 0 aliphatic heterocycles. The van der Waals surface area contributed by atoms with Crippen LogP contribution in [0.25, 0.3) is 6.08 Å². The molecule has 0 aliphatic rings. The van der Waals surface area contributed by atoms with E-state index in [-0.39, 0.29) is 0 Å². The van der Waals surface area contributed by atoms with Crippen molar-refractivity contribution in [2.45, 2.75) is 44.5 Å². The Bertz CT molecular complexity index is 1140. The normalized spacial score (nSPS) is 12.5. The van der Waals surface area contributed by atoms with Gasteiger partial charge in [0.05, 0.1) is 14.7 Å². The van der Waals surface area contributed by atoms with Gasteiger partial charge >= 0.3 is 0 Å². The van der Waals surface area contributed by atoms with E-state index in [1.807, 2.05) is 0 Å². The molecule has 0 amide bonds. The van der Waals surface area contributed by atoms with Gasteiger partial charge in [0.2, 0.25) is 0 Å². The second-order valence-corrected chi connectivity index (χ2v) is 15.2. The van der Waals surface area contributed by atoms with E-state index in [0.717, 1.165) is 16.7 Å². The summed E-state index contributed by atoms with van der Waals surface area (Å²) in [6.45, 7) is 7.75. The van der Waals surface area contributed by atoms with E-state index in [1.165, 1.54) is 30.0 Å². The molecule has 0 aromatic heterocycles. The molecule has 0 fully saturated rings. The summed E-state index contributed by atoms with van der Waals surface area (Å²) >= 11 is 0. The molecule has 1 radical (unpaired) electrons. The Labute approximate surface area is 224 Å². The van der Waals surface area contributed by atoms with Crippen LogP contribution in [-0.2, 0) is 10.3 Å². The van der Waals surface area contributed by atoms with Gasteiger partial charge in [0.1, 0.15) is 5.60 Å². The van der Waals surface area contributed by atoms with Crippen LogP contribution in [0.5, 0.6) is 0 Å². The molecule has 189 valence electrons. The Hall–Kier alpha value is -3.20. The molecule has 0 aliphatic carbocycles. The zero-order valence-electron chi connectivity index (χ0n) is 22.4. The quantitative estimate of drug-likeness (QED) is 0.138. The summed E-state index contributed by atoms with van der Waals surface area (Å²) in [6.07, 6.45) is 4.82. The summed E-state index contributed by atoms with van der Waals surface area (Å²) in [4.78, 5) is 0. The first-order valence-electron chi connectivity index (χ1n) is 13.5. The largest absolute Gasteiger partial charge is 0.356 e. The average molecular weight is 504 g/mol. The summed E-state index contributed by atoms with van der Waals surface area (Å²) in [5.74, 6) is 0. The van der Waals surface area contributed by atoms with Crippen molar-refractivity contribution in [3.05, 3.63) is 155 Å². The first-order chi connectivity index (χ1) is 18.0. The third-order valence-electron chi connectivity index (χ3n) is 6.90. The molecular weight excluding hydrogens is 464 g/mol. The highest BCUT2D eigenvalue weighted by Gasteiger charge is 2.38. The van der Waals surface area contributed by atoms with Gasteiger partial charge in [-0.05, 0) is 33.9 Å². The van der Waals surface area contributed by atoms with Gasteiger partial charge in [-0.3, -0.25) is 0 Å². The number of rotatable bonds is 12. The van der Waals surface area contributed by atoms with Gasteiger partial charge in [-0.1, -0.05) is 166 Å². The van der Waals surface area contributed by atoms with Crippen molar-refractivity contribution < 1.29 is 4.74 Å². The van der Waals surface area contributed by atoms with Gasteiger partial charge in [0, 0.05) is 0 Å². The van der Waals surface area contributed by atoms with Gasteiger partial charge in [-0.2, -0.15) is 0 Å². The summed E-state index contributed by atoms with van der Waals surface area (Å²) in [6, 6.07) is 46.4. The van der Waals surface area contributed by atoms with Crippen molar-refractivity contribution in [1.29, 1.82) is 0 Å². The van der Waals surface area contributed by atoms with Gasteiger partial charge in [0.15, 0.2) is 0 Å². The number of ether oxygens (including phenoxy) is 1. The second-order valence-electron chi connectivity index (χ2n) is 10.4.